The molecule has 0 saturated carbocycles. The molecule has 22 heavy (non-hydrogen) atoms. The fourth-order valence-electron chi connectivity index (χ4n) is 1.80. The van der Waals surface area contributed by atoms with Gasteiger partial charge in [-0.1, -0.05) is 24.3 Å². The molecule has 1 heterocycles. The predicted molar refractivity (Wildman–Crippen MR) is 82.3 cm³/mol. The summed E-state index contributed by atoms with van der Waals surface area (Å²) < 4.78 is 26.6. The van der Waals surface area contributed by atoms with Gasteiger partial charge in [0.1, 0.15) is 0 Å². The van der Waals surface area contributed by atoms with E-state index < -0.39 is 22.0 Å². The fraction of sp³-hybridized carbons (Fsp3) is 0.200. The third kappa shape index (κ3) is 4.37. The van der Waals surface area contributed by atoms with Crippen LogP contribution in [0.15, 0.2) is 59.8 Å². The Morgan fingerprint density at radius 3 is 2.55 bits per heavy atom. The van der Waals surface area contributed by atoms with E-state index in [1.165, 1.54) is 19.1 Å². The Labute approximate surface area is 129 Å². The Morgan fingerprint density at radius 2 is 1.91 bits per heavy atom. The first-order chi connectivity index (χ1) is 10.5. The van der Waals surface area contributed by atoms with Crippen LogP contribution in [0.4, 0.5) is 0 Å². The van der Waals surface area contributed by atoms with Gasteiger partial charge in [-0.25, -0.2) is 8.42 Å². The predicted octanol–water partition coefficient (Wildman–Crippen LogP) is 1.06. The van der Waals surface area contributed by atoms with Crippen molar-refractivity contribution in [2.24, 2.45) is 0 Å². The molecule has 6 nitrogen and oxygen atoms in total. The Bertz CT molecular complexity index is 718. The molecule has 0 radical (unpaired) electrons. The number of amides is 1. The van der Waals surface area contributed by atoms with Crippen molar-refractivity contribution >= 4 is 15.9 Å². The topological polar surface area (TPSA) is 88.2 Å². The maximum absolute atomic E-state index is 12.1. The highest BCUT2D eigenvalue weighted by Crippen LogP contribution is 2.08. The molecule has 2 N–H and O–H groups in total. The van der Waals surface area contributed by atoms with Gasteiger partial charge in [0, 0.05) is 18.9 Å². The molecule has 0 aliphatic rings. The molecule has 2 rings (SSSR count). The highest BCUT2D eigenvalue weighted by atomic mass is 32.2. The van der Waals surface area contributed by atoms with E-state index in [-0.39, 0.29) is 4.90 Å². The summed E-state index contributed by atoms with van der Waals surface area (Å²) in [5.41, 5.74) is 0.842. The number of benzene rings is 1. The summed E-state index contributed by atoms with van der Waals surface area (Å²) in [4.78, 5) is 16.0. The maximum atomic E-state index is 12.1. The first-order valence-corrected chi connectivity index (χ1v) is 8.21. The van der Waals surface area contributed by atoms with E-state index in [1.54, 1.807) is 36.7 Å². The Morgan fingerprint density at radius 1 is 1.18 bits per heavy atom. The number of nitrogens with zero attached hydrogens (tertiary/aromatic N) is 1. The van der Waals surface area contributed by atoms with E-state index >= 15 is 0 Å². The van der Waals surface area contributed by atoms with E-state index in [0.717, 1.165) is 5.56 Å². The van der Waals surface area contributed by atoms with Gasteiger partial charge in [0.05, 0.1) is 10.9 Å². The smallest absolute Gasteiger partial charge is 0.241 e. The second kappa shape index (κ2) is 7.15. The van der Waals surface area contributed by atoms with Crippen molar-refractivity contribution in [3.05, 3.63) is 60.4 Å². The number of hydrogen-bond donors (Lipinski definition) is 2. The molecule has 1 amide bonds. The number of hydrogen-bond acceptors (Lipinski definition) is 4. The van der Waals surface area contributed by atoms with E-state index in [1.807, 2.05) is 6.07 Å². The number of carbonyl (C=O) groups excluding carboxylic acids is 1. The van der Waals surface area contributed by atoms with Crippen molar-refractivity contribution < 1.29 is 13.2 Å². The molecule has 0 spiro atoms. The fourth-order valence-corrected chi connectivity index (χ4v) is 3.02. The van der Waals surface area contributed by atoms with Crippen LogP contribution in [0.2, 0.25) is 0 Å². The molecule has 7 heteroatoms. The lowest BCUT2D eigenvalue weighted by atomic mass is 10.2. The van der Waals surface area contributed by atoms with Gasteiger partial charge < -0.3 is 5.32 Å². The molecule has 0 bridgehead atoms. The lowest BCUT2D eigenvalue weighted by molar-refractivity contribution is -0.122. The van der Waals surface area contributed by atoms with Gasteiger partial charge in [-0.2, -0.15) is 4.72 Å². The number of pyridine rings is 1. The van der Waals surface area contributed by atoms with Gasteiger partial charge in [-0.15, -0.1) is 0 Å². The Kier molecular flexibility index (Phi) is 5.24. The molecule has 0 saturated heterocycles. The molecule has 116 valence electrons. The minimum absolute atomic E-state index is 0.127. The largest absolute Gasteiger partial charge is 0.351 e. The molecule has 1 aromatic carbocycles. The lowest BCUT2D eigenvalue weighted by Crippen LogP contribution is -2.44. The van der Waals surface area contributed by atoms with Gasteiger partial charge in [0.2, 0.25) is 15.9 Å². The van der Waals surface area contributed by atoms with Crippen LogP contribution in [0.3, 0.4) is 0 Å². The first kappa shape index (κ1) is 16.1. The van der Waals surface area contributed by atoms with E-state index in [9.17, 15) is 13.2 Å². The van der Waals surface area contributed by atoms with Gasteiger partial charge >= 0.3 is 0 Å². The second-order valence-corrected chi connectivity index (χ2v) is 6.45. The second-order valence-electron chi connectivity index (χ2n) is 4.74. The van der Waals surface area contributed by atoms with Crippen LogP contribution in [0, 0.1) is 0 Å². The minimum Gasteiger partial charge on any atom is -0.351 e. The number of sulfonamides is 1. The number of aromatic nitrogens is 1. The van der Waals surface area contributed by atoms with Crippen molar-refractivity contribution in [1.82, 2.24) is 15.0 Å². The van der Waals surface area contributed by atoms with Crippen molar-refractivity contribution in [2.75, 3.05) is 0 Å². The maximum Gasteiger partial charge on any atom is 0.241 e. The average Bonchev–Trinajstić information content (AvgIpc) is 2.54. The van der Waals surface area contributed by atoms with Gasteiger partial charge in [0.15, 0.2) is 0 Å². The third-order valence-electron chi connectivity index (χ3n) is 2.97. The third-order valence-corrected chi connectivity index (χ3v) is 4.52. The van der Waals surface area contributed by atoms with Crippen LogP contribution in [-0.2, 0) is 21.4 Å². The van der Waals surface area contributed by atoms with Crippen LogP contribution >= 0.6 is 0 Å². The standard InChI is InChI=1S/C15H17N3O3S/c1-12(15(19)17-11-13-6-5-9-16-10-13)18-22(20,21)14-7-3-2-4-8-14/h2-10,12,18H,11H2,1H3,(H,17,19)/t12-/m0/s1. The Balaban J connectivity index is 1.94. The summed E-state index contributed by atoms with van der Waals surface area (Å²) in [5.74, 6) is -0.400. The minimum atomic E-state index is -3.71. The van der Waals surface area contributed by atoms with Crippen LogP contribution in [0.5, 0.6) is 0 Å². The zero-order valence-corrected chi connectivity index (χ0v) is 12.9. The van der Waals surface area contributed by atoms with E-state index in [2.05, 4.69) is 15.0 Å². The highest BCUT2D eigenvalue weighted by molar-refractivity contribution is 7.89. The van der Waals surface area contributed by atoms with Crippen molar-refractivity contribution in [3.63, 3.8) is 0 Å². The summed E-state index contributed by atoms with van der Waals surface area (Å²) in [6.07, 6.45) is 3.28. The monoisotopic (exact) mass is 319 g/mol. The zero-order chi connectivity index (χ0) is 16.0. The van der Waals surface area contributed by atoms with E-state index in [4.69, 9.17) is 0 Å². The molecule has 0 aliphatic carbocycles. The van der Waals surface area contributed by atoms with E-state index in [0.29, 0.717) is 6.54 Å². The molecule has 1 atom stereocenters. The SMILES string of the molecule is C[C@H](NS(=O)(=O)c1ccccc1)C(=O)NCc1cccnc1. The first-order valence-electron chi connectivity index (χ1n) is 6.73. The van der Waals surface area contributed by atoms with Crippen molar-refractivity contribution in [1.29, 1.82) is 0 Å². The van der Waals surface area contributed by atoms with Crippen LogP contribution in [0.25, 0.3) is 0 Å². The van der Waals surface area contributed by atoms with Crippen molar-refractivity contribution in [2.45, 2.75) is 24.4 Å². The average molecular weight is 319 g/mol. The molecule has 0 aliphatic heterocycles. The van der Waals surface area contributed by atoms with Gasteiger partial charge in [-0.3, -0.25) is 9.78 Å². The number of rotatable bonds is 6. The Hall–Kier alpha value is -2.25. The summed E-state index contributed by atoms with van der Waals surface area (Å²) in [6.45, 7) is 1.79. The summed E-state index contributed by atoms with van der Waals surface area (Å²) in [6, 6.07) is 10.6. The normalized spacial score (nSPS) is 12.6. The number of carbonyl (C=O) groups is 1. The molecular formula is C15H17N3O3S. The summed E-state index contributed by atoms with van der Waals surface area (Å²) >= 11 is 0. The van der Waals surface area contributed by atoms with Crippen LogP contribution in [-0.4, -0.2) is 25.4 Å². The zero-order valence-electron chi connectivity index (χ0n) is 12.1. The van der Waals surface area contributed by atoms with Gasteiger partial charge in [-0.05, 0) is 30.7 Å². The van der Waals surface area contributed by atoms with Gasteiger partial charge in [0.25, 0.3) is 0 Å². The van der Waals surface area contributed by atoms with Crippen LogP contribution < -0.4 is 10.0 Å². The molecule has 0 unspecified atom stereocenters. The van der Waals surface area contributed by atoms with Crippen LogP contribution in [0.1, 0.15) is 12.5 Å². The molecular weight excluding hydrogens is 302 g/mol. The quantitative estimate of drug-likeness (QED) is 0.833. The lowest BCUT2D eigenvalue weighted by Gasteiger charge is -2.14. The highest BCUT2D eigenvalue weighted by Gasteiger charge is 2.21. The summed E-state index contributed by atoms with van der Waals surface area (Å²) in [5, 5.41) is 2.67. The molecule has 2 aromatic rings. The van der Waals surface area contributed by atoms with Crippen molar-refractivity contribution in [3.8, 4) is 0 Å². The molecule has 0 fully saturated rings. The molecule has 1 aromatic heterocycles. The summed E-state index contributed by atoms with van der Waals surface area (Å²) in [7, 11) is -3.71. The number of nitrogens with one attached hydrogen (secondary N) is 2.